The Kier molecular flexibility index (Phi) is 3.45. The standard InChI is InChI=1S/C12H15FN4O/c1-3-17(4-2)12-15-11(18-16-12)9-6-5-8(14)7-10(9)13/h5-7H,3-4,14H2,1-2H3. The molecule has 0 saturated heterocycles. The molecule has 2 rings (SSSR count). The molecule has 5 nitrogen and oxygen atoms in total. The molecule has 1 heterocycles. The summed E-state index contributed by atoms with van der Waals surface area (Å²) in [4.78, 5) is 6.10. The van der Waals surface area contributed by atoms with Gasteiger partial charge in [-0.25, -0.2) is 4.39 Å². The second-order valence-electron chi connectivity index (χ2n) is 3.81. The summed E-state index contributed by atoms with van der Waals surface area (Å²) in [5.74, 6) is 0.158. The van der Waals surface area contributed by atoms with E-state index in [1.165, 1.54) is 12.1 Å². The van der Waals surface area contributed by atoms with Crippen LogP contribution in [0.4, 0.5) is 16.0 Å². The molecule has 0 aliphatic heterocycles. The Labute approximate surface area is 104 Å². The largest absolute Gasteiger partial charge is 0.399 e. The lowest BCUT2D eigenvalue weighted by Crippen LogP contribution is -2.22. The van der Waals surface area contributed by atoms with Crippen LogP contribution in [-0.2, 0) is 0 Å². The van der Waals surface area contributed by atoms with Crippen molar-refractivity contribution in [3.05, 3.63) is 24.0 Å². The highest BCUT2D eigenvalue weighted by Gasteiger charge is 2.15. The van der Waals surface area contributed by atoms with E-state index in [4.69, 9.17) is 10.3 Å². The number of halogens is 1. The number of hydrogen-bond donors (Lipinski definition) is 1. The molecule has 0 atom stereocenters. The highest BCUT2D eigenvalue weighted by molar-refractivity contribution is 5.59. The van der Waals surface area contributed by atoms with Gasteiger partial charge in [-0.3, -0.25) is 0 Å². The molecule has 0 fully saturated rings. The molecule has 2 N–H and O–H groups in total. The van der Waals surface area contributed by atoms with Crippen molar-refractivity contribution < 1.29 is 8.91 Å². The van der Waals surface area contributed by atoms with Gasteiger partial charge in [-0.1, -0.05) is 0 Å². The zero-order valence-corrected chi connectivity index (χ0v) is 10.4. The molecule has 0 radical (unpaired) electrons. The van der Waals surface area contributed by atoms with E-state index in [-0.39, 0.29) is 11.5 Å². The quantitative estimate of drug-likeness (QED) is 0.843. The Morgan fingerprint density at radius 1 is 1.33 bits per heavy atom. The molecular formula is C12H15FN4O. The van der Waals surface area contributed by atoms with Gasteiger partial charge in [-0.15, -0.1) is 0 Å². The van der Waals surface area contributed by atoms with Crippen molar-refractivity contribution in [2.75, 3.05) is 23.7 Å². The van der Waals surface area contributed by atoms with Crippen LogP contribution in [0.5, 0.6) is 0 Å². The Morgan fingerprint density at radius 2 is 2.06 bits per heavy atom. The van der Waals surface area contributed by atoms with Gasteiger partial charge >= 0.3 is 0 Å². The van der Waals surface area contributed by atoms with Crippen LogP contribution in [0, 0.1) is 5.82 Å². The Bertz CT molecular complexity index is 537. The first-order chi connectivity index (χ1) is 8.65. The number of nitrogens with zero attached hydrogens (tertiary/aromatic N) is 3. The van der Waals surface area contributed by atoms with Gasteiger partial charge in [0.1, 0.15) is 5.82 Å². The number of benzene rings is 1. The normalized spacial score (nSPS) is 10.6. The van der Waals surface area contributed by atoms with E-state index < -0.39 is 5.82 Å². The molecule has 6 heteroatoms. The van der Waals surface area contributed by atoms with Crippen LogP contribution in [0.3, 0.4) is 0 Å². The molecule has 0 saturated carbocycles. The van der Waals surface area contributed by atoms with Gasteiger partial charge in [-0.2, -0.15) is 4.98 Å². The van der Waals surface area contributed by atoms with Crippen LogP contribution >= 0.6 is 0 Å². The molecule has 1 aromatic carbocycles. The van der Waals surface area contributed by atoms with Crippen molar-refractivity contribution >= 4 is 11.6 Å². The molecule has 96 valence electrons. The fraction of sp³-hybridized carbons (Fsp3) is 0.333. The summed E-state index contributed by atoms with van der Waals surface area (Å²) >= 11 is 0. The topological polar surface area (TPSA) is 68.2 Å². The third-order valence-electron chi connectivity index (χ3n) is 2.69. The first kappa shape index (κ1) is 12.3. The minimum absolute atomic E-state index is 0.161. The lowest BCUT2D eigenvalue weighted by molar-refractivity contribution is 0.427. The number of nitrogen functional groups attached to an aromatic ring is 1. The zero-order valence-electron chi connectivity index (χ0n) is 10.4. The molecule has 0 bridgehead atoms. The maximum absolute atomic E-state index is 13.7. The monoisotopic (exact) mass is 250 g/mol. The van der Waals surface area contributed by atoms with Gasteiger partial charge in [0.25, 0.3) is 11.8 Å². The second-order valence-corrected chi connectivity index (χ2v) is 3.81. The smallest absolute Gasteiger partial charge is 0.266 e. The number of rotatable bonds is 4. The minimum Gasteiger partial charge on any atom is -0.399 e. The number of hydrogen-bond acceptors (Lipinski definition) is 5. The maximum Gasteiger partial charge on any atom is 0.266 e. The molecule has 0 aliphatic carbocycles. The lowest BCUT2D eigenvalue weighted by atomic mass is 10.2. The van der Waals surface area contributed by atoms with E-state index in [0.717, 1.165) is 13.1 Å². The van der Waals surface area contributed by atoms with Crippen LogP contribution in [-0.4, -0.2) is 23.2 Å². The molecule has 0 unspecified atom stereocenters. The summed E-state index contributed by atoms with van der Waals surface area (Å²) in [6, 6.07) is 4.36. The predicted molar refractivity (Wildman–Crippen MR) is 67.7 cm³/mol. The van der Waals surface area contributed by atoms with E-state index >= 15 is 0 Å². The van der Waals surface area contributed by atoms with E-state index in [0.29, 0.717) is 11.6 Å². The molecule has 0 spiro atoms. The molecular weight excluding hydrogens is 235 g/mol. The molecule has 0 aliphatic rings. The second kappa shape index (κ2) is 5.03. The van der Waals surface area contributed by atoms with Crippen molar-refractivity contribution in [1.29, 1.82) is 0 Å². The molecule has 18 heavy (non-hydrogen) atoms. The molecule has 2 aromatic rings. The summed E-state index contributed by atoms with van der Waals surface area (Å²) in [6.07, 6.45) is 0. The average molecular weight is 250 g/mol. The fourth-order valence-corrected chi connectivity index (χ4v) is 1.66. The number of anilines is 2. The summed E-state index contributed by atoms with van der Waals surface area (Å²) in [5.41, 5.74) is 6.11. The molecule has 1 aromatic heterocycles. The SMILES string of the molecule is CCN(CC)c1noc(-c2ccc(N)cc2F)n1. The van der Waals surface area contributed by atoms with Gasteiger partial charge in [0, 0.05) is 18.8 Å². The average Bonchev–Trinajstić information content (AvgIpc) is 2.80. The first-order valence-electron chi connectivity index (χ1n) is 5.79. The van der Waals surface area contributed by atoms with Gasteiger partial charge in [0.05, 0.1) is 5.56 Å². The van der Waals surface area contributed by atoms with Crippen molar-refractivity contribution in [2.45, 2.75) is 13.8 Å². The maximum atomic E-state index is 13.7. The van der Waals surface area contributed by atoms with Crippen molar-refractivity contribution in [3.8, 4) is 11.5 Å². The highest BCUT2D eigenvalue weighted by Crippen LogP contribution is 2.24. The van der Waals surface area contributed by atoms with Crippen LogP contribution in [0.2, 0.25) is 0 Å². The van der Waals surface area contributed by atoms with Crippen LogP contribution in [0.15, 0.2) is 22.7 Å². The van der Waals surface area contributed by atoms with Crippen LogP contribution < -0.4 is 10.6 Å². The van der Waals surface area contributed by atoms with Gasteiger partial charge < -0.3 is 15.2 Å². The van der Waals surface area contributed by atoms with E-state index in [1.807, 2.05) is 18.7 Å². The van der Waals surface area contributed by atoms with Gasteiger partial charge in [0.2, 0.25) is 0 Å². The van der Waals surface area contributed by atoms with E-state index in [2.05, 4.69) is 10.1 Å². The predicted octanol–water partition coefficient (Wildman–Crippen LogP) is 2.30. The van der Waals surface area contributed by atoms with Crippen LogP contribution in [0.1, 0.15) is 13.8 Å². The third-order valence-corrected chi connectivity index (χ3v) is 2.69. The Morgan fingerprint density at radius 3 is 2.67 bits per heavy atom. The van der Waals surface area contributed by atoms with E-state index in [1.54, 1.807) is 6.07 Å². The van der Waals surface area contributed by atoms with Crippen LogP contribution in [0.25, 0.3) is 11.5 Å². The third kappa shape index (κ3) is 2.27. The summed E-state index contributed by atoms with van der Waals surface area (Å²) in [6.45, 7) is 5.51. The Balaban J connectivity index is 2.34. The lowest BCUT2D eigenvalue weighted by Gasteiger charge is -2.14. The summed E-state index contributed by atoms with van der Waals surface area (Å²) < 4.78 is 18.8. The van der Waals surface area contributed by atoms with Gasteiger partial charge in [0.15, 0.2) is 0 Å². The highest BCUT2D eigenvalue weighted by atomic mass is 19.1. The number of aromatic nitrogens is 2. The summed E-state index contributed by atoms with van der Waals surface area (Å²) in [7, 11) is 0. The van der Waals surface area contributed by atoms with Gasteiger partial charge in [-0.05, 0) is 37.2 Å². The van der Waals surface area contributed by atoms with E-state index in [9.17, 15) is 4.39 Å². The minimum atomic E-state index is -0.468. The fourth-order valence-electron chi connectivity index (χ4n) is 1.66. The zero-order chi connectivity index (χ0) is 13.1. The van der Waals surface area contributed by atoms with Crippen molar-refractivity contribution in [1.82, 2.24) is 10.1 Å². The number of nitrogens with two attached hydrogens (primary N) is 1. The summed E-state index contributed by atoms with van der Waals surface area (Å²) in [5, 5.41) is 3.84. The van der Waals surface area contributed by atoms with Crippen molar-refractivity contribution in [3.63, 3.8) is 0 Å². The molecule has 0 amide bonds. The Hall–Kier alpha value is -2.11. The first-order valence-corrected chi connectivity index (χ1v) is 5.79. The van der Waals surface area contributed by atoms with Crippen molar-refractivity contribution in [2.24, 2.45) is 0 Å².